The van der Waals surface area contributed by atoms with Gasteiger partial charge in [0.15, 0.2) is 0 Å². The maximum atomic E-state index is 3.64. The normalized spacial score (nSPS) is 21.6. The molecule has 2 N–H and O–H groups in total. The van der Waals surface area contributed by atoms with Crippen LogP contribution in [-0.2, 0) is 5.41 Å². The lowest BCUT2D eigenvalue weighted by Gasteiger charge is -2.21. The number of hydrogen-bond donors (Lipinski definition) is 2. The first-order valence-corrected chi connectivity index (χ1v) is 7.54. The molecule has 0 saturated carbocycles. The Balaban J connectivity index is 1.89. The van der Waals surface area contributed by atoms with Crippen molar-refractivity contribution in [2.75, 3.05) is 13.1 Å². The molecule has 1 aliphatic rings. The fraction of sp³-hybridized carbons (Fsp3) is 0.647. The van der Waals surface area contributed by atoms with Crippen molar-refractivity contribution in [1.29, 1.82) is 0 Å². The average Bonchev–Trinajstić information content (AvgIpc) is 2.88. The molecule has 2 unspecified atom stereocenters. The first-order chi connectivity index (χ1) is 8.97. The Morgan fingerprint density at radius 3 is 2.47 bits per heavy atom. The highest BCUT2D eigenvalue weighted by Gasteiger charge is 2.16. The van der Waals surface area contributed by atoms with Crippen molar-refractivity contribution >= 4 is 0 Å². The molecule has 0 amide bonds. The highest BCUT2D eigenvalue weighted by atomic mass is 15.0. The Bertz CT molecular complexity index is 383. The maximum absolute atomic E-state index is 3.64. The van der Waals surface area contributed by atoms with Crippen molar-refractivity contribution in [2.45, 2.75) is 58.0 Å². The van der Waals surface area contributed by atoms with E-state index in [9.17, 15) is 0 Å². The molecule has 2 heteroatoms. The number of nitrogens with one attached hydrogen (secondary N) is 2. The molecule has 1 aromatic rings. The molecule has 0 aliphatic carbocycles. The third kappa shape index (κ3) is 4.05. The van der Waals surface area contributed by atoms with E-state index in [2.05, 4.69) is 62.6 Å². The van der Waals surface area contributed by atoms with Gasteiger partial charge in [0.1, 0.15) is 0 Å². The molecule has 0 radical (unpaired) electrons. The Morgan fingerprint density at radius 1 is 1.26 bits per heavy atom. The van der Waals surface area contributed by atoms with E-state index >= 15 is 0 Å². The van der Waals surface area contributed by atoms with Gasteiger partial charge in [-0.25, -0.2) is 0 Å². The molecule has 0 aromatic heterocycles. The van der Waals surface area contributed by atoms with E-state index in [-0.39, 0.29) is 5.41 Å². The minimum absolute atomic E-state index is 0.239. The lowest BCUT2D eigenvalue weighted by atomic mass is 9.86. The minimum Gasteiger partial charge on any atom is -0.313 e. The summed E-state index contributed by atoms with van der Waals surface area (Å²) in [5.74, 6) is 0. The second-order valence-corrected chi connectivity index (χ2v) is 6.80. The summed E-state index contributed by atoms with van der Waals surface area (Å²) < 4.78 is 0. The van der Waals surface area contributed by atoms with Crippen LogP contribution in [0.25, 0.3) is 0 Å². The van der Waals surface area contributed by atoms with Gasteiger partial charge in [-0.1, -0.05) is 45.0 Å². The fourth-order valence-corrected chi connectivity index (χ4v) is 2.64. The van der Waals surface area contributed by atoms with Gasteiger partial charge < -0.3 is 10.6 Å². The summed E-state index contributed by atoms with van der Waals surface area (Å²) in [6, 6.07) is 10.1. The first-order valence-electron chi connectivity index (χ1n) is 7.54. The smallest absolute Gasteiger partial charge is 0.0292 e. The summed E-state index contributed by atoms with van der Waals surface area (Å²) in [5.41, 5.74) is 3.02. The monoisotopic (exact) mass is 260 g/mol. The maximum Gasteiger partial charge on any atom is 0.0292 e. The van der Waals surface area contributed by atoms with E-state index in [1.165, 1.54) is 30.5 Å². The van der Waals surface area contributed by atoms with Crippen molar-refractivity contribution in [3.63, 3.8) is 0 Å². The fourth-order valence-electron chi connectivity index (χ4n) is 2.64. The van der Waals surface area contributed by atoms with Crippen LogP contribution in [0.4, 0.5) is 0 Å². The highest BCUT2D eigenvalue weighted by Crippen LogP contribution is 2.23. The van der Waals surface area contributed by atoms with Crippen LogP contribution in [0.15, 0.2) is 24.3 Å². The summed E-state index contributed by atoms with van der Waals surface area (Å²) >= 11 is 0. The van der Waals surface area contributed by atoms with Crippen LogP contribution in [0.5, 0.6) is 0 Å². The van der Waals surface area contributed by atoms with E-state index in [1.54, 1.807) is 0 Å². The topological polar surface area (TPSA) is 24.1 Å². The van der Waals surface area contributed by atoms with Crippen LogP contribution in [0, 0.1) is 0 Å². The predicted molar refractivity (Wildman–Crippen MR) is 82.6 cm³/mol. The molecule has 1 heterocycles. The second-order valence-electron chi connectivity index (χ2n) is 6.80. The van der Waals surface area contributed by atoms with Gasteiger partial charge >= 0.3 is 0 Å². The molecule has 1 saturated heterocycles. The van der Waals surface area contributed by atoms with Gasteiger partial charge in [0.25, 0.3) is 0 Å². The number of hydrogen-bond acceptors (Lipinski definition) is 2. The van der Waals surface area contributed by atoms with Crippen molar-refractivity contribution in [3.05, 3.63) is 35.4 Å². The largest absolute Gasteiger partial charge is 0.313 e. The molecule has 1 aliphatic heterocycles. The average molecular weight is 260 g/mol. The third-order valence-corrected chi connectivity index (χ3v) is 4.11. The zero-order valence-corrected chi connectivity index (χ0v) is 12.8. The molecular weight excluding hydrogens is 232 g/mol. The van der Waals surface area contributed by atoms with Crippen molar-refractivity contribution < 1.29 is 0 Å². The first kappa shape index (κ1) is 14.5. The summed E-state index contributed by atoms with van der Waals surface area (Å²) in [4.78, 5) is 0. The van der Waals surface area contributed by atoms with Gasteiger partial charge in [-0.3, -0.25) is 0 Å². The molecule has 1 fully saturated rings. The zero-order valence-electron chi connectivity index (χ0n) is 12.8. The Kier molecular flexibility index (Phi) is 4.64. The van der Waals surface area contributed by atoms with Gasteiger partial charge in [-0.15, -0.1) is 0 Å². The van der Waals surface area contributed by atoms with Crippen molar-refractivity contribution in [3.8, 4) is 0 Å². The molecule has 1 aromatic carbocycles. The predicted octanol–water partition coefficient (Wildman–Crippen LogP) is 3.39. The molecule has 2 atom stereocenters. The molecule has 0 bridgehead atoms. The van der Waals surface area contributed by atoms with Crippen molar-refractivity contribution in [2.24, 2.45) is 0 Å². The molecule has 2 rings (SSSR count). The Hall–Kier alpha value is -0.860. The quantitative estimate of drug-likeness (QED) is 0.867. The van der Waals surface area contributed by atoms with Crippen LogP contribution in [0.1, 0.15) is 57.7 Å². The summed E-state index contributed by atoms with van der Waals surface area (Å²) in [6.45, 7) is 11.3. The molecule has 19 heavy (non-hydrogen) atoms. The Morgan fingerprint density at radius 2 is 1.95 bits per heavy atom. The number of benzene rings is 1. The van der Waals surface area contributed by atoms with Gasteiger partial charge in [0.05, 0.1) is 0 Å². The van der Waals surface area contributed by atoms with Crippen LogP contribution >= 0.6 is 0 Å². The molecule has 106 valence electrons. The van der Waals surface area contributed by atoms with E-state index in [1.807, 2.05) is 0 Å². The van der Waals surface area contributed by atoms with Crippen molar-refractivity contribution in [1.82, 2.24) is 10.6 Å². The SMILES string of the molecule is CC(NCC1CCCN1)c1ccc(C(C)(C)C)cc1. The highest BCUT2D eigenvalue weighted by molar-refractivity contribution is 5.29. The van der Waals surface area contributed by atoms with E-state index in [0.717, 1.165) is 6.54 Å². The van der Waals surface area contributed by atoms with Crippen LogP contribution in [0.2, 0.25) is 0 Å². The van der Waals surface area contributed by atoms with Gasteiger partial charge in [-0.2, -0.15) is 0 Å². The number of rotatable bonds is 4. The summed E-state index contributed by atoms with van der Waals surface area (Å²) in [5, 5.41) is 7.17. The zero-order chi connectivity index (χ0) is 13.9. The van der Waals surface area contributed by atoms with E-state index in [0.29, 0.717) is 12.1 Å². The van der Waals surface area contributed by atoms with Gasteiger partial charge in [0, 0.05) is 18.6 Å². The van der Waals surface area contributed by atoms with Gasteiger partial charge in [-0.05, 0) is 42.9 Å². The lowest BCUT2D eigenvalue weighted by molar-refractivity contribution is 0.489. The Labute approximate surface area is 118 Å². The minimum atomic E-state index is 0.239. The van der Waals surface area contributed by atoms with E-state index < -0.39 is 0 Å². The lowest BCUT2D eigenvalue weighted by Crippen LogP contribution is -2.35. The standard InChI is InChI=1S/C17H28N2/c1-13(19-12-16-6-5-11-18-16)14-7-9-15(10-8-14)17(2,3)4/h7-10,13,16,18-19H,5-6,11-12H2,1-4H3. The second kappa shape index (κ2) is 6.06. The molecule has 0 spiro atoms. The van der Waals surface area contributed by atoms with E-state index in [4.69, 9.17) is 0 Å². The molecule has 2 nitrogen and oxygen atoms in total. The summed E-state index contributed by atoms with van der Waals surface area (Å²) in [6.07, 6.45) is 2.63. The summed E-state index contributed by atoms with van der Waals surface area (Å²) in [7, 11) is 0. The van der Waals surface area contributed by atoms with Crippen LogP contribution < -0.4 is 10.6 Å². The van der Waals surface area contributed by atoms with Crippen LogP contribution in [-0.4, -0.2) is 19.1 Å². The third-order valence-electron chi connectivity index (χ3n) is 4.11. The van der Waals surface area contributed by atoms with Gasteiger partial charge in [0.2, 0.25) is 0 Å². The molecular formula is C17H28N2. The van der Waals surface area contributed by atoms with Crippen LogP contribution in [0.3, 0.4) is 0 Å².